The summed E-state index contributed by atoms with van der Waals surface area (Å²) < 4.78 is 36.4. The van der Waals surface area contributed by atoms with E-state index in [2.05, 4.69) is 11.8 Å². The van der Waals surface area contributed by atoms with Crippen LogP contribution in [0.4, 0.5) is 4.39 Å². The Morgan fingerprint density at radius 1 is 1.45 bits per heavy atom. The molecule has 1 fully saturated rings. The molecule has 0 aliphatic carbocycles. The first kappa shape index (κ1) is 15.7. The maximum absolute atomic E-state index is 13.3. The van der Waals surface area contributed by atoms with Gasteiger partial charge in [-0.25, -0.2) is 12.8 Å². The summed E-state index contributed by atoms with van der Waals surface area (Å²) in [6.45, 7) is 4.20. The Hall–Kier alpha value is -0.650. The zero-order valence-electron chi connectivity index (χ0n) is 11.5. The minimum Gasteiger partial charge on any atom is -0.301 e. The molecule has 3 nitrogen and oxygen atoms in total. The lowest BCUT2D eigenvalue weighted by Crippen LogP contribution is -2.29. The zero-order chi connectivity index (χ0) is 14.8. The number of nitrogens with zero attached hydrogens (tertiary/aromatic N) is 1. The van der Waals surface area contributed by atoms with E-state index in [0.717, 1.165) is 32.0 Å². The van der Waals surface area contributed by atoms with Crippen LogP contribution in [-0.4, -0.2) is 32.4 Å². The lowest BCUT2D eigenvalue weighted by Gasteiger charge is -2.22. The number of benzene rings is 1. The molecule has 1 aliphatic heterocycles. The molecule has 112 valence electrons. The fraction of sp³-hybridized carbons (Fsp3) is 0.571. The maximum Gasteiger partial charge on any atom is 0.261 e. The fourth-order valence-electron chi connectivity index (χ4n) is 2.94. The van der Waals surface area contributed by atoms with E-state index in [4.69, 9.17) is 10.7 Å². The van der Waals surface area contributed by atoms with Crippen LogP contribution in [0.5, 0.6) is 0 Å². The third-order valence-corrected chi connectivity index (χ3v) is 5.36. The molecule has 1 heterocycles. The van der Waals surface area contributed by atoms with E-state index < -0.39 is 14.9 Å². The minimum absolute atomic E-state index is 0.0293. The Kier molecular flexibility index (Phi) is 5.04. The van der Waals surface area contributed by atoms with Crippen LogP contribution in [-0.2, 0) is 15.5 Å². The second kappa shape index (κ2) is 6.41. The second-order valence-corrected chi connectivity index (χ2v) is 7.69. The van der Waals surface area contributed by atoms with Crippen LogP contribution in [0, 0.1) is 5.82 Å². The van der Waals surface area contributed by atoms with Crippen LogP contribution < -0.4 is 0 Å². The van der Waals surface area contributed by atoms with Gasteiger partial charge in [0.1, 0.15) is 5.82 Å². The summed E-state index contributed by atoms with van der Waals surface area (Å²) in [5, 5.41) is 0. The van der Waals surface area contributed by atoms with Crippen molar-refractivity contribution in [2.24, 2.45) is 0 Å². The average Bonchev–Trinajstić information content (AvgIpc) is 2.82. The Bertz CT molecular complexity index is 577. The Morgan fingerprint density at radius 3 is 2.85 bits per heavy atom. The van der Waals surface area contributed by atoms with Gasteiger partial charge in [-0.3, -0.25) is 0 Å². The van der Waals surface area contributed by atoms with Crippen molar-refractivity contribution in [3.8, 4) is 0 Å². The van der Waals surface area contributed by atoms with Crippen molar-refractivity contribution < 1.29 is 12.8 Å². The first-order valence-corrected chi connectivity index (χ1v) is 9.20. The highest BCUT2D eigenvalue weighted by Gasteiger charge is 2.24. The molecule has 0 radical (unpaired) electrons. The SMILES string of the molecule is CCN1CCCC1CCc1cc(F)ccc1S(=O)(=O)Cl. The van der Waals surface area contributed by atoms with Gasteiger partial charge in [0.15, 0.2) is 0 Å². The molecule has 0 amide bonds. The first-order valence-electron chi connectivity index (χ1n) is 6.89. The predicted octanol–water partition coefficient (Wildman–Crippen LogP) is 3.17. The van der Waals surface area contributed by atoms with E-state index in [1.807, 2.05) is 0 Å². The molecule has 6 heteroatoms. The van der Waals surface area contributed by atoms with Crippen LogP contribution in [0.1, 0.15) is 31.7 Å². The van der Waals surface area contributed by atoms with E-state index in [1.165, 1.54) is 18.6 Å². The molecule has 0 N–H and O–H groups in total. The fourth-order valence-corrected chi connectivity index (χ4v) is 4.10. The van der Waals surface area contributed by atoms with Crippen LogP contribution in [0.15, 0.2) is 23.1 Å². The standard InChI is InChI=1S/C14H19ClFNO2S/c1-2-17-9-3-4-13(17)7-5-11-10-12(16)6-8-14(11)20(15,18)19/h6,8,10,13H,2-5,7,9H2,1H3. The summed E-state index contributed by atoms with van der Waals surface area (Å²) in [6, 6.07) is 4.11. The lowest BCUT2D eigenvalue weighted by molar-refractivity contribution is 0.255. The highest BCUT2D eigenvalue weighted by molar-refractivity contribution is 8.13. The van der Waals surface area contributed by atoms with Gasteiger partial charge in [-0.2, -0.15) is 0 Å². The topological polar surface area (TPSA) is 37.4 Å². The van der Waals surface area contributed by atoms with Crippen LogP contribution in [0.2, 0.25) is 0 Å². The number of hydrogen-bond donors (Lipinski definition) is 0. The molecular formula is C14H19ClFNO2S. The van der Waals surface area contributed by atoms with Gasteiger partial charge >= 0.3 is 0 Å². The van der Waals surface area contributed by atoms with Gasteiger partial charge in [0.2, 0.25) is 0 Å². The summed E-state index contributed by atoms with van der Waals surface area (Å²) in [7, 11) is 1.58. The van der Waals surface area contributed by atoms with Crippen LogP contribution >= 0.6 is 10.7 Å². The Balaban J connectivity index is 2.15. The van der Waals surface area contributed by atoms with Crippen LogP contribution in [0.3, 0.4) is 0 Å². The first-order chi connectivity index (χ1) is 9.41. The molecule has 1 unspecified atom stereocenters. The second-order valence-electron chi connectivity index (χ2n) is 5.15. The van der Waals surface area contributed by atoms with Gasteiger partial charge in [0, 0.05) is 16.7 Å². The average molecular weight is 320 g/mol. The number of likely N-dealkylation sites (tertiary alicyclic amines) is 1. The molecule has 0 spiro atoms. The monoisotopic (exact) mass is 319 g/mol. The molecule has 20 heavy (non-hydrogen) atoms. The van der Waals surface area contributed by atoms with Crippen molar-refractivity contribution in [1.29, 1.82) is 0 Å². The molecule has 1 atom stereocenters. The molecule has 1 aromatic rings. The van der Waals surface area contributed by atoms with Gasteiger partial charge in [-0.15, -0.1) is 0 Å². The quantitative estimate of drug-likeness (QED) is 0.782. The molecule has 1 saturated heterocycles. The summed E-state index contributed by atoms with van der Waals surface area (Å²) in [5.74, 6) is -0.428. The van der Waals surface area contributed by atoms with Gasteiger partial charge in [0.05, 0.1) is 4.90 Å². The van der Waals surface area contributed by atoms with Crippen molar-refractivity contribution in [2.45, 2.75) is 43.5 Å². The van der Waals surface area contributed by atoms with Gasteiger partial charge in [-0.1, -0.05) is 6.92 Å². The number of rotatable bonds is 5. The van der Waals surface area contributed by atoms with Crippen LogP contribution in [0.25, 0.3) is 0 Å². The maximum atomic E-state index is 13.3. The van der Waals surface area contributed by atoms with Crippen molar-refractivity contribution in [3.05, 3.63) is 29.6 Å². The Morgan fingerprint density at radius 2 is 2.20 bits per heavy atom. The van der Waals surface area contributed by atoms with Gasteiger partial charge in [0.25, 0.3) is 9.05 Å². The predicted molar refractivity (Wildman–Crippen MR) is 78.0 cm³/mol. The van der Waals surface area contributed by atoms with Crippen molar-refractivity contribution in [2.75, 3.05) is 13.1 Å². The smallest absolute Gasteiger partial charge is 0.261 e. The third-order valence-electron chi connectivity index (χ3n) is 3.94. The van der Waals surface area contributed by atoms with E-state index in [0.29, 0.717) is 18.0 Å². The molecule has 1 aromatic carbocycles. The van der Waals surface area contributed by atoms with Crippen molar-refractivity contribution in [3.63, 3.8) is 0 Å². The largest absolute Gasteiger partial charge is 0.301 e. The molecule has 2 rings (SSSR count). The van der Waals surface area contributed by atoms with Gasteiger partial charge in [-0.05, 0) is 62.5 Å². The Labute approximate surface area is 124 Å². The van der Waals surface area contributed by atoms with Crippen molar-refractivity contribution in [1.82, 2.24) is 4.90 Å². The van der Waals surface area contributed by atoms with E-state index in [9.17, 15) is 12.8 Å². The summed E-state index contributed by atoms with van der Waals surface area (Å²) in [6.07, 6.45) is 3.64. The summed E-state index contributed by atoms with van der Waals surface area (Å²) in [4.78, 5) is 2.41. The molecule has 0 aromatic heterocycles. The number of aryl methyl sites for hydroxylation is 1. The van der Waals surface area contributed by atoms with Crippen molar-refractivity contribution >= 4 is 19.7 Å². The number of hydrogen-bond acceptors (Lipinski definition) is 3. The lowest BCUT2D eigenvalue weighted by atomic mass is 10.0. The highest BCUT2D eigenvalue weighted by Crippen LogP contribution is 2.26. The normalized spacial score (nSPS) is 20.4. The zero-order valence-corrected chi connectivity index (χ0v) is 13.1. The number of halogens is 2. The molecule has 1 aliphatic rings. The molecule has 0 bridgehead atoms. The van der Waals surface area contributed by atoms with E-state index in [-0.39, 0.29) is 4.90 Å². The van der Waals surface area contributed by atoms with Gasteiger partial charge < -0.3 is 4.90 Å². The molecule has 0 saturated carbocycles. The summed E-state index contributed by atoms with van der Waals surface area (Å²) in [5.41, 5.74) is 0.475. The minimum atomic E-state index is -3.82. The van der Waals surface area contributed by atoms with E-state index in [1.54, 1.807) is 0 Å². The summed E-state index contributed by atoms with van der Waals surface area (Å²) >= 11 is 0. The third kappa shape index (κ3) is 3.71. The molecular weight excluding hydrogens is 301 g/mol. The van der Waals surface area contributed by atoms with E-state index >= 15 is 0 Å². The highest BCUT2D eigenvalue weighted by atomic mass is 35.7.